The number of hydrogen-bond donors (Lipinski definition) is 1. The van der Waals surface area contributed by atoms with E-state index in [0.29, 0.717) is 0 Å². The molecule has 3 heterocycles. The number of aromatic amines is 1. The Balaban J connectivity index is 2.01. The quantitative estimate of drug-likeness (QED) is 0.559. The Morgan fingerprint density at radius 1 is 1.00 bits per heavy atom. The number of rotatable bonds is 1. The van der Waals surface area contributed by atoms with E-state index in [2.05, 4.69) is 46.1 Å². The first-order chi connectivity index (χ1) is 9.83. The molecule has 0 aliphatic carbocycles. The smallest absolute Gasteiger partial charge is 0.138 e. The van der Waals surface area contributed by atoms with Gasteiger partial charge in [-0.25, -0.2) is 4.98 Å². The van der Waals surface area contributed by atoms with Crippen LogP contribution in [0.4, 0.5) is 0 Å². The number of H-pyrrole nitrogens is 1. The van der Waals surface area contributed by atoms with E-state index in [0.717, 1.165) is 16.6 Å². The molecule has 0 aliphatic rings. The molecule has 0 aliphatic heterocycles. The Kier molecular flexibility index (Phi) is 2.33. The summed E-state index contributed by atoms with van der Waals surface area (Å²) in [5.74, 6) is 0. The molecule has 0 saturated heterocycles. The number of nitrogens with one attached hydrogen (secondary N) is 1. The average Bonchev–Trinajstić information content (AvgIpc) is 2.92. The van der Waals surface area contributed by atoms with Crippen LogP contribution in [0.1, 0.15) is 5.56 Å². The molecule has 0 amide bonds. The zero-order valence-corrected chi connectivity index (χ0v) is 11.1. The van der Waals surface area contributed by atoms with E-state index >= 15 is 0 Å². The summed E-state index contributed by atoms with van der Waals surface area (Å²) in [7, 11) is 0. The number of fused-ring (bicyclic) bond motifs is 2. The van der Waals surface area contributed by atoms with E-state index in [-0.39, 0.29) is 0 Å². The van der Waals surface area contributed by atoms with E-state index in [1.807, 2.05) is 30.7 Å². The Bertz CT molecular complexity index is 922. The lowest BCUT2D eigenvalue weighted by molar-refractivity contribution is 1.31. The maximum Gasteiger partial charge on any atom is 0.138 e. The topological polar surface area (TPSA) is 41.6 Å². The van der Waals surface area contributed by atoms with Crippen molar-refractivity contribution in [3.05, 3.63) is 60.6 Å². The minimum atomic E-state index is 0.936. The molecule has 0 fully saturated rings. The van der Waals surface area contributed by atoms with Crippen LogP contribution in [0.3, 0.4) is 0 Å². The molecule has 1 aromatic carbocycles. The van der Waals surface area contributed by atoms with Gasteiger partial charge in [0.15, 0.2) is 0 Å². The predicted molar refractivity (Wildman–Crippen MR) is 81.6 cm³/mol. The van der Waals surface area contributed by atoms with Crippen LogP contribution in [0.15, 0.2) is 55.0 Å². The molecular formula is C17H13N3. The first-order valence-corrected chi connectivity index (χ1v) is 6.61. The molecule has 3 heteroatoms. The highest BCUT2D eigenvalue weighted by Gasteiger charge is 2.09. The van der Waals surface area contributed by atoms with Gasteiger partial charge in [0.1, 0.15) is 5.65 Å². The van der Waals surface area contributed by atoms with Crippen molar-refractivity contribution in [1.29, 1.82) is 0 Å². The number of pyridine rings is 2. The summed E-state index contributed by atoms with van der Waals surface area (Å²) in [5, 5.41) is 2.34. The highest BCUT2D eigenvalue weighted by Crippen LogP contribution is 2.31. The molecule has 3 nitrogen and oxygen atoms in total. The maximum atomic E-state index is 4.38. The fourth-order valence-corrected chi connectivity index (χ4v) is 2.69. The predicted octanol–water partition coefficient (Wildman–Crippen LogP) is 4.09. The second-order valence-electron chi connectivity index (χ2n) is 4.96. The summed E-state index contributed by atoms with van der Waals surface area (Å²) in [4.78, 5) is 12.0. The van der Waals surface area contributed by atoms with Gasteiger partial charge in [-0.1, -0.05) is 12.1 Å². The zero-order chi connectivity index (χ0) is 13.5. The highest BCUT2D eigenvalue weighted by molar-refractivity contribution is 5.98. The van der Waals surface area contributed by atoms with Crippen LogP contribution < -0.4 is 0 Å². The van der Waals surface area contributed by atoms with Crippen molar-refractivity contribution in [3.8, 4) is 11.1 Å². The summed E-state index contributed by atoms with van der Waals surface area (Å²) in [6.07, 6.45) is 5.69. The van der Waals surface area contributed by atoms with Crippen LogP contribution >= 0.6 is 0 Å². The molecule has 4 aromatic rings. The normalized spacial score (nSPS) is 11.2. The number of aryl methyl sites for hydroxylation is 1. The Labute approximate surface area is 116 Å². The lowest BCUT2D eigenvalue weighted by Gasteiger charge is -2.04. The zero-order valence-electron chi connectivity index (χ0n) is 11.1. The van der Waals surface area contributed by atoms with Crippen LogP contribution in [0.5, 0.6) is 0 Å². The van der Waals surface area contributed by atoms with Crippen molar-refractivity contribution in [2.75, 3.05) is 0 Å². The van der Waals surface area contributed by atoms with Crippen LogP contribution in [-0.4, -0.2) is 15.0 Å². The third-order valence-corrected chi connectivity index (χ3v) is 3.70. The number of hydrogen-bond acceptors (Lipinski definition) is 2. The molecule has 4 rings (SSSR count). The summed E-state index contributed by atoms with van der Waals surface area (Å²) in [6.45, 7) is 2.12. The molecular weight excluding hydrogens is 246 g/mol. The first-order valence-electron chi connectivity index (χ1n) is 6.61. The highest BCUT2D eigenvalue weighted by atomic mass is 14.8. The molecule has 0 unspecified atom stereocenters. The average molecular weight is 259 g/mol. The van der Waals surface area contributed by atoms with Crippen molar-refractivity contribution < 1.29 is 0 Å². The third kappa shape index (κ3) is 1.60. The first kappa shape index (κ1) is 11.2. The van der Waals surface area contributed by atoms with Crippen molar-refractivity contribution in [2.24, 2.45) is 0 Å². The van der Waals surface area contributed by atoms with Crippen molar-refractivity contribution >= 4 is 21.9 Å². The van der Waals surface area contributed by atoms with Crippen molar-refractivity contribution in [3.63, 3.8) is 0 Å². The maximum absolute atomic E-state index is 4.38. The van der Waals surface area contributed by atoms with Gasteiger partial charge in [0.25, 0.3) is 0 Å². The van der Waals surface area contributed by atoms with E-state index in [1.54, 1.807) is 0 Å². The lowest BCUT2D eigenvalue weighted by atomic mass is 10.0. The Morgan fingerprint density at radius 3 is 2.90 bits per heavy atom. The van der Waals surface area contributed by atoms with E-state index in [1.165, 1.54) is 22.1 Å². The summed E-state index contributed by atoms with van der Waals surface area (Å²) >= 11 is 0. The Hall–Kier alpha value is -2.68. The van der Waals surface area contributed by atoms with Crippen LogP contribution in [-0.2, 0) is 0 Å². The fraction of sp³-hybridized carbons (Fsp3) is 0.0588. The Morgan fingerprint density at radius 2 is 1.95 bits per heavy atom. The van der Waals surface area contributed by atoms with E-state index < -0.39 is 0 Å². The minimum absolute atomic E-state index is 0.936. The van der Waals surface area contributed by atoms with Gasteiger partial charge in [-0.05, 0) is 42.3 Å². The molecule has 3 aromatic heterocycles. The van der Waals surface area contributed by atoms with Crippen LogP contribution in [0.25, 0.3) is 33.1 Å². The second kappa shape index (κ2) is 4.17. The van der Waals surface area contributed by atoms with Gasteiger partial charge >= 0.3 is 0 Å². The van der Waals surface area contributed by atoms with Gasteiger partial charge < -0.3 is 4.98 Å². The monoisotopic (exact) mass is 259 g/mol. The molecule has 0 spiro atoms. The molecule has 20 heavy (non-hydrogen) atoms. The minimum Gasteiger partial charge on any atom is -0.346 e. The number of benzene rings is 1. The molecule has 0 atom stereocenters. The van der Waals surface area contributed by atoms with Crippen molar-refractivity contribution in [2.45, 2.75) is 6.92 Å². The molecule has 0 radical (unpaired) electrons. The van der Waals surface area contributed by atoms with Gasteiger partial charge in [-0.15, -0.1) is 0 Å². The largest absolute Gasteiger partial charge is 0.346 e. The number of aromatic nitrogens is 3. The summed E-state index contributed by atoms with van der Waals surface area (Å²) in [5.41, 5.74) is 5.57. The van der Waals surface area contributed by atoms with Crippen LogP contribution in [0.2, 0.25) is 0 Å². The molecule has 0 bridgehead atoms. The van der Waals surface area contributed by atoms with E-state index in [4.69, 9.17) is 0 Å². The molecule has 1 N–H and O–H groups in total. The van der Waals surface area contributed by atoms with Gasteiger partial charge in [0.2, 0.25) is 0 Å². The third-order valence-electron chi connectivity index (χ3n) is 3.70. The molecule has 96 valence electrons. The number of nitrogens with zero attached hydrogens (tertiary/aromatic N) is 2. The van der Waals surface area contributed by atoms with Gasteiger partial charge in [0.05, 0.1) is 5.52 Å². The molecule has 0 saturated carbocycles. The summed E-state index contributed by atoms with van der Waals surface area (Å²) < 4.78 is 0. The van der Waals surface area contributed by atoms with Crippen LogP contribution in [0, 0.1) is 6.92 Å². The van der Waals surface area contributed by atoms with Gasteiger partial charge in [-0.3, -0.25) is 4.98 Å². The van der Waals surface area contributed by atoms with Crippen molar-refractivity contribution in [1.82, 2.24) is 15.0 Å². The van der Waals surface area contributed by atoms with E-state index in [9.17, 15) is 0 Å². The second-order valence-corrected chi connectivity index (χ2v) is 4.96. The van der Waals surface area contributed by atoms with Gasteiger partial charge in [-0.2, -0.15) is 0 Å². The standard InChI is InChI=1S/C17H13N3/c1-11-6-8-19-17-16(11)14(10-20-17)12-4-5-15-13(9-12)3-2-7-18-15/h2-10H,1H3,(H,19,20). The van der Waals surface area contributed by atoms with Gasteiger partial charge in [0, 0.05) is 34.9 Å². The lowest BCUT2D eigenvalue weighted by Crippen LogP contribution is -1.83. The fourth-order valence-electron chi connectivity index (χ4n) is 2.69. The summed E-state index contributed by atoms with van der Waals surface area (Å²) in [6, 6.07) is 12.5. The SMILES string of the molecule is Cc1ccnc2[nH]cc(-c3ccc4ncccc4c3)c12.